The highest BCUT2D eigenvalue weighted by Crippen LogP contribution is 2.31. The fourth-order valence-corrected chi connectivity index (χ4v) is 6.14. The van der Waals surface area contributed by atoms with Gasteiger partial charge in [0.2, 0.25) is 5.91 Å². The molecular formula is C31H41N5O3. The van der Waals surface area contributed by atoms with E-state index in [1.54, 1.807) is 18.2 Å². The number of carbonyl (C=O) groups excluding carboxylic acids is 3. The summed E-state index contributed by atoms with van der Waals surface area (Å²) in [7, 11) is 0. The van der Waals surface area contributed by atoms with Crippen molar-refractivity contribution in [2.24, 2.45) is 11.7 Å². The molecule has 0 radical (unpaired) electrons. The van der Waals surface area contributed by atoms with Gasteiger partial charge in [-0.05, 0) is 68.9 Å². The molecule has 1 aliphatic heterocycles. The largest absolute Gasteiger partial charge is 0.366 e. The summed E-state index contributed by atoms with van der Waals surface area (Å²) < 4.78 is 0. The normalized spacial score (nSPS) is 22.3. The highest BCUT2D eigenvalue weighted by molar-refractivity contribution is 6.07. The highest BCUT2D eigenvalue weighted by atomic mass is 16.2. The van der Waals surface area contributed by atoms with Gasteiger partial charge in [-0.3, -0.25) is 14.4 Å². The van der Waals surface area contributed by atoms with E-state index >= 15 is 0 Å². The average molecular weight is 532 g/mol. The number of rotatable bonds is 6. The van der Waals surface area contributed by atoms with E-state index < -0.39 is 0 Å². The maximum Gasteiger partial charge on any atom is 0.255 e. The second-order valence-electron chi connectivity index (χ2n) is 11.3. The molecule has 8 nitrogen and oxygen atoms in total. The first-order chi connectivity index (χ1) is 19.0. The van der Waals surface area contributed by atoms with Gasteiger partial charge in [-0.25, -0.2) is 0 Å². The number of amides is 3. The van der Waals surface area contributed by atoms with Gasteiger partial charge >= 0.3 is 0 Å². The summed E-state index contributed by atoms with van der Waals surface area (Å²) in [6, 6.07) is 15.0. The van der Waals surface area contributed by atoms with Crippen molar-refractivity contribution >= 4 is 29.1 Å². The van der Waals surface area contributed by atoms with E-state index in [0.29, 0.717) is 48.9 Å². The van der Waals surface area contributed by atoms with Crippen molar-refractivity contribution in [1.29, 1.82) is 0 Å². The van der Waals surface area contributed by atoms with E-state index in [4.69, 9.17) is 5.73 Å². The van der Waals surface area contributed by atoms with Gasteiger partial charge in [0, 0.05) is 55.3 Å². The lowest BCUT2D eigenvalue weighted by atomic mass is 9.88. The van der Waals surface area contributed by atoms with Gasteiger partial charge in [0.15, 0.2) is 0 Å². The van der Waals surface area contributed by atoms with Gasteiger partial charge in [-0.15, -0.1) is 0 Å². The number of carbonyl (C=O) groups is 3. The number of benzene rings is 2. The van der Waals surface area contributed by atoms with Crippen LogP contribution in [0.1, 0.15) is 78.5 Å². The molecule has 2 aromatic rings. The van der Waals surface area contributed by atoms with Gasteiger partial charge < -0.3 is 26.2 Å². The van der Waals surface area contributed by atoms with Crippen LogP contribution in [0.5, 0.6) is 0 Å². The minimum Gasteiger partial charge on any atom is -0.366 e. The molecule has 3 amide bonds. The number of anilines is 2. The molecule has 0 unspecified atom stereocenters. The molecule has 39 heavy (non-hydrogen) atoms. The van der Waals surface area contributed by atoms with Crippen LogP contribution in [0.2, 0.25) is 0 Å². The van der Waals surface area contributed by atoms with Crippen molar-refractivity contribution in [1.82, 2.24) is 10.2 Å². The predicted molar refractivity (Wildman–Crippen MR) is 154 cm³/mol. The third-order valence-electron chi connectivity index (χ3n) is 8.54. The van der Waals surface area contributed by atoms with Crippen LogP contribution < -0.4 is 21.3 Å². The molecule has 1 heterocycles. The second-order valence-corrected chi connectivity index (χ2v) is 11.3. The van der Waals surface area contributed by atoms with E-state index in [0.717, 1.165) is 57.1 Å². The summed E-state index contributed by atoms with van der Waals surface area (Å²) in [4.78, 5) is 43.5. The first-order valence-electron chi connectivity index (χ1n) is 14.6. The Balaban J connectivity index is 1.31. The van der Waals surface area contributed by atoms with Gasteiger partial charge in [0.1, 0.15) is 0 Å². The van der Waals surface area contributed by atoms with E-state index in [1.807, 2.05) is 35.2 Å². The Morgan fingerprint density at radius 2 is 1.44 bits per heavy atom. The maximum absolute atomic E-state index is 13.1. The van der Waals surface area contributed by atoms with Crippen molar-refractivity contribution in [3.63, 3.8) is 0 Å². The lowest BCUT2D eigenvalue weighted by Crippen LogP contribution is -2.50. The Labute approximate surface area is 231 Å². The van der Waals surface area contributed by atoms with Crippen molar-refractivity contribution in [3.05, 3.63) is 59.7 Å². The molecule has 208 valence electrons. The topological polar surface area (TPSA) is 108 Å². The van der Waals surface area contributed by atoms with E-state index in [2.05, 4.69) is 15.5 Å². The van der Waals surface area contributed by atoms with Crippen molar-refractivity contribution in [3.8, 4) is 0 Å². The lowest BCUT2D eigenvalue weighted by Gasteiger charge is -2.39. The molecule has 1 saturated heterocycles. The zero-order valence-corrected chi connectivity index (χ0v) is 22.7. The van der Waals surface area contributed by atoms with Crippen LogP contribution in [0.25, 0.3) is 0 Å². The number of piperazine rings is 1. The maximum atomic E-state index is 13.1. The zero-order chi connectivity index (χ0) is 27.2. The highest BCUT2D eigenvalue weighted by Gasteiger charge is 2.29. The minimum atomic E-state index is -0.221. The molecule has 2 saturated carbocycles. The Morgan fingerprint density at radius 1 is 0.744 bits per heavy atom. The number of nitrogens with one attached hydrogen (secondary N) is 2. The second kappa shape index (κ2) is 12.6. The Kier molecular flexibility index (Phi) is 8.81. The summed E-state index contributed by atoms with van der Waals surface area (Å²) >= 11 is 0. The van der Waals surface area contributed by atoms with Crippen LogP contribution in [0.3, 0.4) is 0 Å². The van der Waals surface area contributed by atoms with E-state index in [9.17, 15) is 14.4 Å². The fourth-order valence-electron chi connectivity index (χ4n) is 6.14. The lowest BCUT2D eigenvalue weighted by molar-refractivity contribution is -0.136. The third-order valence-corrected chi connectivity index (χ3v) is 8.54. The quantitative estimate of drug-likeness (QED) is 0.519. The molecule has 3 aliphatic rings. The average Bonchev–Trinajstić information content (AvgIpc) is 2.99. The zero-order valence-electron chi connectivity index (χ0n) is 22.7. The molecule has 0 spiro atoms. The molecule has 0 atom stereocenters. The molecule has 8 heteroatoms. The van der Waals surface area contributed by atoms with Crippen LogP contribution in [0, 0.1) is 5.92 Å². The van der Waals surface area contributed by atoms with Gasteiger partial charge in [0.05, 0.1) is 11.4 Å². The summed E-state index contributed by atoms with van der Waals surface area (Å²) in [6.45, 7) is 2.68. The summed E-state index contributed by atoms with van der Waals surface area (Å²) in [5, 5.41) is 6.21. The first kappa shape index (κ1) is 27.2. The molecule has 3 fully saturated rings. The monoisotopic (exact) mass is 531 g/mol. The Morgan fingerprint density at radius 3 is 2.13 bits per heavy atom. The predicted octanol–water partition coefficient (Wildman–Crippen LogP) is 4.17. The molecule has 2 aliphatic carbocycles. The van der Waals surface area contributed by atoms with Gasteiger partial charge in [-0.1, -0.05) is 37.5 Å². The molecule has 0 bridgehead atoms. The first-order valence-corrected chi connectivity index (χ1v) is 14.6. The van der Waals surface area contributed by atoms with Gasteiger partial charge in [-0.2, -0.15) is 0 Å². The number of nitrogens with zero attached hydrogens (tertiary/aromatic N) is 2. The smallest absolute Gasteiger partial charge is 0.255 e. The number of hydrogen-bond acceptors (Lipinski definition) is 5. The van der Waals surface area contributed by atoms with Crippen LogP contribution in [0.4, 0.5) is 11.4 Å². The molecule has 4 N–H and O–H groups in total. The van der Waals surface area contributed by atoms with Crippen molar-refractivity contribution < 1.29 is 14.4 Å². The SMILES string of the molecule is NC1CCC(NC(=O)c2ccc(N3CCN(C(=O)C4CCCCC4)CC3)c(NC(=O)c3ccccc3)c2)CC1. The Bertz CT molecular complexity index is 1150. The van der Waals surface area contributed by atoms with Crippen LogP contribution in [-0.2, 0) is 4.79 Å². The third kappa shape index (κ3) is 6.79. The van der Waals surface area contributed by atoms with E-state index in [-0.39, 0.29) is 29.8 Å². The summed E-state index contributed by atoms with van der Waals surface area (Å²) in [6.07, 6.45) is 9.13. The van der Waals surface area contributed by atoms with Crippen molar-refractivity contribution in [2.45, 2.75) is 69.9 Å². The summed E-state index contributed by atoms with van der Waals surface area (Å²) in [5.41, 5.74) is 8.57. The Hall–Kier alpha value is -3.39. The van der Waals surface area contributed by atoms with Crippen molar-refractivity contribution in [2.75, 3.05) is 36.4 Å². The van der Waals surface area contributed by atoms with Crippen LogP contribution >= 0.6 is 0 Å². The van der Waals surface area contributed by atoms with E-state index in [1.165, 1.54) is 6.42 Å². The molecule has 0 aromatic heterocycles. The fraction of sp³-hybridized carbons (Fsp3) is 0.516. The van der Waals surface area contributed by atoms with Crippen LogP contribution in [0.15, 0.2) is 48.5 Å². The molecule has 2 aromatic carbocycles. The van der Waals surface area contributed by atoms with Crippen LogP contribution in [-0.4, -0.2) is 60.9 Å². The standard InChI is InChI=1S/C31H41N5O3/c32-25-12-14-26(15-13-25)33-30(38)24-11-16-28(27(21-24)34-29(37)22-7-3-1-4-8-22)35-17-19-36(20-18-35)31(39)23-9-5-2-6-10-23/h1,3-4,7-8,11,16,21,23,25-26H,2,5-6,9-10,12-15,17-20,32H2,(H,33,38)(H,34,37). The minimum absolute atomic E-state index is 0.120. The molecular weight excluding hydrogens is 490 g/mol. The number of hydrogen-bond donors (Lipinski definition) is 3. The molecule has 5 rings (SSSR count). The van der Waals surface area contributed by atoms with Gasteiger partial charge in [0.25, 0.3) is 11.8 Å². The summed E-state index contributed by atoms with van der Waals surface area (Å²) in [5.74, 6) is 0.105. The number of nitrogens with two attached hydrogens (primary N) is 1.